The number of aryl methyl sites for hydroxylation is 1. The summed E-state index contributed by atoms with van der Waals surface area (Å²) in [7, 11) is -2.25. The number of rotatable bonds is 13. The van der Waals surface area contributed by atoms with Crippen molar-refractivity contribution in [2.45, 2.75) is 50.6 Å². The van der Waals surface area contributed by atoms with E-state index in [1.165, 1.54) is 53.3 Å². The number of halogens is 2. The molecule has 1 amide bonds. The Morgan fingerprint density at radius 3 is 2.29 bits per heavy atom. The van der Waals surface area contributed by atoms with E-state index in [9.17, 15) is 22.0 Å². The minimum atomic E-state index is -3.72. The summed E-state index contributed by atoms with van der Waals surface area (Å²) < 4.78 is 54.2. The number of benzene rings is 3. The number of hydrogen-bond acceptors (Lipinski definition) is 4. The molecular formula is C29H35F2N3O3S. The summed E-state index contributed by atoms with van der Waals surface area (Å²) >= 11 is 0. The number of nitrogens with one attached hydrogen (secondary N) is 2. The Hall–Kier alpha value is -3.14. The molecule has 38 heavy (non-hydrogen) atoms. The minimum absolute atomic E-state index is 0.0224. The Morgan fingerprint density at radius 2 is 1.61 bits per heavy atom. The molecule has 3 rings (SSSR count). The van der Waals surface area contributed by atoms with Crippen molar-refractivity contribution < 1.29 is 22.0 Å². The third kappa shape index (κ3) is 8.18. The summed E-state index contributed by atoms with van der Waals surface area (Å²) in [5.41, 5.74) is 3.00. The van der Waals surface area contributed by atoms with E-state index in [1.54, 1.807) is 6.92 Å². The van der Waals surface area contributed by atoms with Crippen LogP contribution in [0.5, 0.6) is 0 Å². The van der Waals surface area contributed by atoms with Crippen molar-refractivity contribution >= 4 is 15.9 Å². The fourth-order valence-electron chi connectivity index (χ4n) is 4.12. The van der Waals surface area contributed by atoms with Gasteiger partial charge in [-0.3, -0.25) is 4.79 Å². The number of carbonyl (C=O) groups is 1. The van der Waals surface area contributed by atoms with Gasteiger partial charge in [0.15, 0.2) is 0 Å². The number of hydrogen-bond donors (Lipinski definition) is 2. The lowest BCUT2D eigenvalue weighted by Gasteiger charge is -2.20. The molecule has 9 heteroatoms. The summed E-state index contributed by atoms with van der Waals surface area (Å²) in [6.45, 7) is 5.31. The normalized spacial score (nSPS) is 12.5. The molecule has 1 atom stereocenters. The number of carbonyl (C=O) groups excluding carboxylic acids is 1. The van der Waals surface area contributed by atoms with Gasteiger partial charge in [0.2, 0.25) is 10.0 Å². The van der Waals surface area contributed by atoms with Gasteiger partial charge in [0, 0.05) is 37.8 Å². The lowest BCUT2D eigenvalue weighted by atomic mass is 10.0. The molecule has 0 radical (unpaired) electrons. The van der Waals surface area contributed by atoms with Gasteiger partial charge in [-0.05, 0) is 72.8 Å². The Morgan fingerprint density at radius 1 is 0.921 bits per heavy atom. The highest BCUT2D eigenvalue weighted by Gasteiger charge is 2.22. The first-order valence-electron chi connectivity index (χ1n) is 12.7. The average molecular weight is 544 g/mol. The van der Waals surface area contributed by atoms with E-state index in [4.69, 9.17) is 0 Å². The van der Waals surface area contributed by atoms with Crippen molar-refractivity contribution in [1.29, 1.82) is 0 Å². The molecule has 0 aliphatic rings. The molecule has 0 saturated carbocycles. The van der Waals surface area contributed by atoms with Crippen LogP contribution < -0.4 is 10.6 Å². The molecule has 6 nitrogen and oxygen atoms in total. The monoisotopic (exact) mass is 543 g/mol. The topological polar surface area (TPSA) is 78.5 Å². The summed E-state index contributed by atoms with van der Waals surface area (Å²) in [4.78, 5) is 13.2. The van der Waals surface area contributed by atoms with Gasteiger partial charge in [0.25, 0.3) is 5.91 Å². The van der Waals surface area contributed by atoms with Crippen molar-refractivity contribution in [1.82, 2.24) is 14.9 Å². The SMILES string of the molecule is CCc1cccc(CNCC[C@H](Cc2cc(F)cc(F)c2)NC(=O)c2cccc(S(=O)(=O)N(C)CC)c2)c1. The standard InChI is InChI=1S/C29H35F2N3O3S/c1-4-21-8-6-9-22(14-21)20-32-13-12-27(17-23-15-25(30)19-26(31)16-23)33-29(35)24-10-7-11-28(18-24)38(36,37)34(3)5-2/h6-11,14-16,18-19,27,32H,4-5,12-13,17,20H2,1-3H3,(H,33,35)/t27-/m1/s1. The molecule has 0 fully saturated rings. The van der Waals surface area contributed by atoms with Crippen LogP contribution in [0.1, 0.15) is 47.3 Å². The van der Waals surface area contributed by atoms with E-state index < -0.39 is 33.6 Å². The zero-order valence-electron chi connectivity index (χ0n) is 22.0. The van der Waals surface area contributed by atoms with Crippen molar-refractivity contribution in [3.63, 3.8) is 0 Å². The van der Waals surface area contributed by atoms with Crippen molar-refractivity contribution in [2.75, 3.05) is 20.1 Å². The Bertz CT molecular complexity index is 1330. The summed E-state index contributed by atoms with van der Waals surface area (Å²) in [5, 5.41) is 6.30. The maximum Gasteiger partial charge on any atom is 0.251 e. The summed E-state index contributed by atoms with van der Waals surface area (Å²) in [6, 6.07) is 17.0. The van der Waals surface area contributed by atoms with Crippen LogP contribution in [0.3, 0.4) is 0 Å². The second kappa shape index (κ2) is 13.6. The van der Waals surface area contributed by atoms with E-state index >= 15 is 0 Å². The maximum atomic E-state index is 13.8. The number of sulfonamides is 1. The molecule has 0 spiro atoms. The van der Waals surface area contributed by atoms with Crippen LogP contribution in [-0.2, 0) is 29.4 Å². The van der Waals surface area contributed by atoms with Crippen LogP contribution in [0.4, 0.5) is 8.78 Å². The molecule has 0 unspecified atom stereocenters. The van der Waals surface area contributed by atoms with E-state index in [0.29, 0.717) is 31.6 Å². The van der Waals surface area contributed by atoms with E-state index in [2.05, 4.69) is 29.7 Å². The van der Waals surface area contributed by atoms with Gasteiger partial charge in [-0.2, -0.15) is 0 Å². The predicted molar refractivity (Wildman–Crippen MR) is 145 cm³/mol. The zero-order valence-corrected chi connectivity index (χ0v) is 22.8. The molecule has 0 aliphatic heterocycles. The molecule has 0 aliphatic carbocycles. The molecule has 0 heterocycles. The average Bonchev–Trinajstić information content (AvgIpc) is 2.90. The molecule has 3 aromatic carbocycles. The zero-order chi connectivity index (χ0) is 27.7. The number of nitrogens with zero attached hydrogens (tertiary/aromatic N) is 1. The van der Waals surface area contributed by atoms with Gasteiger partial charge >= 0.3 is 0 Å². The highest BCUT2D eigenvalue weighted by Crippen LogP contribution is 2.17. The predicted octanol–water partition coefficient (Wildman–Crippen LogP) is 4.69. The van der Waals surface area contributed by atoms with Crippen LogP contribution in [0.15, 0.2) is 71.6 Å². The van der Waals surface area contributed by atoms with Crippen molar-refractivity contribution in [3.8, 4) is 0 Å². The first-order chi connectivity index (χ1) is 18.1. The Kier molecular flexibility index (Phi) is 10.5. The highest BCUT2D eigenvalue weighted by molar-refractivity contribution is 7.89. The third-order valence-corrected chi connectivity index (χ3v) is 8.32. The second-order valence-electron chi connectivity index (χ2n) is 9.24. The van der Waals surface area contributed by atoms with Crippen LogP contribution in [0, 0.1) is 11.6 Å². The lowest BCUT2D eigenvalue weighted by Crippen LogP contribution is -2.38. The minimum Gasteiger partial charge on any atom is -0.349 e. The third-order valence-electron chi connectivity index (χ3n) is 6.39. The second-order valence-corrected chi connectivity index (χ2v) is 11.3. The van der Waals surface area contributed by atoms with Gasteiger partial charge in [-0.15, -0.1) is 0 Å². The first-order valence-corrected chi connectivity index (χ1v) is 14.2. The van der Waals surface area contributed by atoms with Crippen LogP contribution >= 0.6 is 0 Å². The lowest BCUT2D eigenvalue weighted by molar-refractivity contribution is 0.0934. The molecule has 204 valence electrons. The summed E-state index contributed by atoms with van der Waals surface area (Å²) in [6.07, 6.45) is 1.65. The quantitative estimate of drug-likeness (QED) is 0.307. The van der Waals surface area contributed by atoms with E-state index in [1.807, 2.05) is 12.1 Å². The van der Waals surface area contributed by atoms with E-state index in [-0.39, 0.29) is 16.9 Å². The van der Waals surface area contributed by atoms with Gasteiger partial charge in [-0.25, -0.2) is 21.5 Å². The highest BCUT2D eigenvalue weighted by atomic mass is 32.2. The molecule has 2 N–H and O–H groups in total. The maximum absolute atomic E-state index is 13.8. The van der Waals surface area contributed by atoms with Crippen LogP contribution in [0.2, 0.25) is 0 Å². The molecular weight excluding hydrogens is 508 g/mol. The summed E-state index contributed by atoms with van der Waals surface area (Å²) in [5.74, 6) is -1.83. The van der Waals surface area contributed by atoms with Crippen molar-refractivity contribution in [3.05, 3.63) is 101 Å². The first kappa shape index (κ1) is 29.4. The van der Waals surface area contributed by atoms with Gasteiger partial charge in [0.05, 0.1) is 4.90 Å². The van der Waals surface area contributed by atoms with Crippen LogP contribution in [0.25, 0.3) is 0 Å². The largest absolute Gasteiger partial charge is 0.349 e. The fraction of sp³-hybridized carbons (Fsp3) is 0.345. The van der Waals surface area contributed by atoms with Gasteiger partial charge in [0.1, 0.15) is 11.6 Å². The van der Waals surface area contributed by atoms with Gasteiger partial charge < -0.3 is 10.6 Å². The fourth-order valence-corrected chi connectivity index (χ4v) is 5.35. The number of amides is 1. The van der Waals surface area contributed by atoms with Gasteiger partial charge in [-0.1, -0.05) is 44.2 Å². The van der Waals surface area contributed by atoms with E-state index in [0.717, 1.165) is 18.1 Å². The Balaban J connectivity index is 1.73. The molecule has 0 aromatic heterocycles. The smallest absolute Gasteiger partial charge is 0.251 e. The van der Waals surface area contributed by atoms with Crippen molar-refractivity contribution in [2.24, 2.45) is 0 Å². The Labute approximate surface area is 224 Å². The molecule has 0 saturated heterocycles. The molecule has 3 aromatic rings. The molecule has 0 bridgehead atoms. The van der Waals surface area contributed by atoms with Crippen LogP contribution in [-0.4, -0.2) is 44.8 Å².